The lowest BCUT2D eigenvalue weighted by Crippen LogP contribution is -1.98. The summed E-state index contributed by atoms with van der Waals surface area (Å²) in [6.45, 7) is 0. The Bertz CT molecular complexity index is 638. The molecule has 0 aliphatic rings. The zero-order chi connectivity index (χ0) is 14.2. The Morgan fingerprint density at radius 1 is 1.16 bits per heavy atom. The van der Waals surface area contributed by atoms with Gasteiger partial charge in [0.05, 0.1) is 15.7 Å². The quantitative estimate of drug-likeness (QED) is 0.903. The van der Waals surface area contributed by atoms with E-state index in [0.717, 1.165) is 18.5 Å². The third-order valence-electron chi connectivity index (χ3n) is 2.31. The summed E-state index contributed by atoms with van der Waals surface area (Å²) in [7, 11) is 0. The van der Waals surface area contributed by atoms with Gasteiger partial charge in [0.15, 0.2) is 0 Å². The summed E-state index contributed by atoms with van der Waals surface area (Å²) < 4.78 is 39.0. The maximum Gasteiger partial charge on any atom is 0.281 e. The van der Waals surface area contributed by atoms with Gasteiger partial charge in [-0.1, -0.05) is 23.2 Å². The van der Waals surface area contributed by atoms with Gasteiger partial charge in [0.1, 0.15) is 23.6 Å². The van der Waals surface area contributed by atoms with Crippen LogP contribution in [0.3, 0.4) is 0 Å². The second kappa shape index (κ2) is 5.22. The Labute approximate surface area is 115 Å². The van der Waals surface area contributed by atoms with Gasteiger partial charge in [-0.2, -0.15) is 0 Å². The van der Waals surface area contributed by atoms with Crippen LogP contribution in [0, 0.1) is 5.82 Å². The van der Waals surface area contributed by atoms with Crippen molar-refractivity contribution in [3.63, 3.8) is 0 Å². The van der Waals surface area contributed by atoms with E-state index in [2.05, 4.69) is 9.97 Å². The molecule has 0 saturated carbocycles. The summed E-state index contributed by atoms with van der Waals surface area (Å²) in [4.78, 5) is 6.98. The molecule has 0 aliphatic heterocycles. The molecule has 1 N–H and O–H groups in total. The number of alkyl halides is 2. The SMILES string of the molecule is Oc1cc(-c2ncnc(C(F)F)c2Cl)c(F)cc1Cl. The van der Waals surface area contributed by atoms with Crippen LogP contribution in [0.5, 0.6) is 5.75 Å². The van der Waals surface area contributed by atoms with E-state index in [0.29, 0.717) is 0 Å². The maximum atomic E-state index is 13.7. The number of halogens is 5. The van der Waals surface area contributed by atoms with E-state index >= 15 is 0 Å². The normalized spacial score (nSPS) is 11.1. The minimum absolute atomic E-state index is 0.208. The molecule has 0 radical (unpaired) electrons. The second-order valence-electron chi connectivity index (χ2n) is 3.51. The highest BCUT2D eigenvalue weighted by Gasteiger charge is 2.21. The molecule has 0 saturated heterocycles. The van der Waals surface area contributed by atoms with Crippen LogP contribution in [0.25, 0.3) is 11.3 Å². The molecule has 19 heavy (non-hydrogen) atoms. The first-order valence-corrected chi connectivity index (χ1v) is 5.64. The lowest BCUT2D eigenvalue weighted by Gasteiger charge is -2.09. The predicted molar refractivity (Wildman–Crippen MR) is 64.1 cm³/mol. The van der Waals surface area contributed by atoms with Crippen molar-refractivity contribution in [1.82, 2.24) is 9.97 Å². The molecule has 0 aliphatic carbocycles. The van der Waals surface area contributed by atoms with Gasteiger partial charge < -0.3 is 5.11 Å². The van der Waals surface area contributed by atoms with Crippen LogP contribution in [0.1, 0.15) is 12.1 Å². The Balaban J connectivity index is 2.66. The van der Waals surface area contributed by atoms with Crippen LogP contribution in [-0.2, 0) is 0 Å². The minimum atomic E-state index is -2.92. The number of hydrogen-bond donors (Lipinski definition) is 1. The van der Waals surface area contributed by atoms with Crippen molar-refractivity contribution in [2.24, 2.45) is 0 Å². The number of phenolic OH excluding ortho intramolecular Hbond substituents is 1. The molecule has 0 bridgehead atoms. The Morgan fingerprint density at radius 2 is 1.84 bits per heavy atom. The van der Waals surface area contributed by atoms with Crippen molar-refractivity contribution in [1.29, 1.82) is 0 Å². The summed E-state index contributed by atoms with van der Waals surface area (Å²) in [5, 5.41) is 8.74. The van der Waals surface area contributed by atoms with Crippen LogP contribution in [0.2, 0.25) is 10.0 Å². The highest BCUT2D eigenvalue weighted by atomic mass is 35.5. The highest BCUT2D eigenvalue weighted by Crippen LogP contribution is 2.37. The monoisotopic (exact) mass is 308 g/mol. The molecule has 1 heterocycles. The van der Waals surface area contributed by atoms with Gasteiger partial charge in [-0.05, 0) is 12.1 Å². The smallest absolute Gasteiger partial charge is 0.281 e. The number of benzene rings is 1. The van der Waals surface area contributed by atoms with Crippen LogP contribution in [0.15, 0.2) is 18.5 Å². The number of rotatable bonds is 2. The zero-order valence-corrected chi connectivity index (χ0v) is 10.6. The minimum Gasteiger partial charge on any atom is -0.506 e. The van der Waals surface area contributed by atoms with Crippen molar-refractivity contribution in [3.8, 4) is 17.0 Å². The number of hydrogen-bond acceptors (Lipinski definition) is 3. The molecule has 2 rings (SSSR count). The van der Waals surface area contributed by atoms with Crippen LogP contribution >= 0.6 is 23.2 Å². The first-order chi connectivity index (χ1) is 8.91. The Kier molecular flexibility index (Phi) is 3.82. The number of aromatic hydroxyl groups is 1. The Morgan fingerprint density at radius 3 is 2.47 bits per heavy atom. The van der Waals surface area contributed by atoms with Crippen molar-refractivity contribution >= 4 is 23.2 Å². The summed E-state index contributed by atoms with van der Waals surface area (Å²) in [6, 6.07) is 1.80. The molecule has 100 valence electrons. The summed E-state index contributed by atoms with van der Waals surface area (Å²) in [6.07, 6.45) is -2.08. The van der Waals surface area contributed by atoms with Crippen molar-refractivity contribution in [2.45, 2.75) is 6.43 Å². The fourth-order valence-electron chi connectivity index (χ4n) is 1.44. The Hall–Kier alpha value is -1.53. The van der Waals surface area contributed by atoms with Gasteiger partial charge in [-0.25, -0.2) is 23.1 Å². The van der Waals surface area contributed by atoms with Crippen molar-refractivity contribution in [3.05, 3.63) is 40.0 Å². The zero-order valence-electron chi connectivity index (χ0n) is 9.04. The summed E-state index contributed by atoms with van der Waals surface area (Å²) in [5.41, 5.74) is -1.19. The third-order valence-corrected chi connectivity index (χ3v) is 2.99. The fraction of sp³-hybridized carbons (Fsp3) is 0.0909. The van der Waals surface area contributed by atoms with Gasteiger partial charge in [0.2, 0.25) is 0 Å². The third kappa shape index (κ3) is 2.59. The van der Waals surface area contributed by atoms with E-state index < -0.39 is 28.7 Å². The molecule has 0 spiro atoms. The van der Waals surface area contributed by atoms with Crippen molar-refractivity contribution in [2.75, 3.05) is 0 Å². The summed E-state index contributed by atoms with van der Waals surface area (Å²) in [5.74, 6) is -1.25. The molecule has 0 fully saturated rings. The first-order valence-electron chi connectivity index (χ1n) is 4.88. The topological polar surface area (TPSA) is 46.0 Å². The average Bonchev–Trinajstić information content (AvgIpc) is 2.34. The van der Waals surface area contributed by atoms with E-state index in [1.165, 1.54) is 0 Å². The van der Waals surface area contributed by atoms with Gasteiger partial charge in [0.25, 0.3) is 6.43 Å². The van der Waals surface area contributed by atoms with E-state index in [9.17, 15) is 18.3 Å². The van der Waals surface area contributed by atoms with Gasteiger partial charge in [-0.15, -0.1) is 0 Å². The predicted octanol–water partition coefficient (Wildman–Crippen LogP) is 4.23. The molecule has 2 aromatic rings. The molecule has 0 amide bonds. The molecule has 1 aromatic heterocycles. The molecular formula is C11H5Cl2F3N2O. The fourth-order valence-corrected chi connectivity index (χ4v) is 1.87. The van der Waals surface area contributed by atoms with Gasteiger partial charge in [-0.3, -0.25) is 0 Å². The second-order valence-corrected chi connectivity index (χ2v) is 4.29. The molecule has 3 nitrogen and oxygen atoms in total. The van der Waals surface area contributed by atoms with E-state index in [1.807, 2.05) is 0 Å². The van der Waals surface area contributed by atoms with E-state index in [1.54, 1.807) is 0 Å². The molecular weight excluding hydrogens is 304 g/mol. The van der Waals surface area contributed by atoms with Gasteiger partial charge in [0, 0.05) is 5.56 Å². The van der Waals surface area contributed by atoms with Crippen LogP contribution < -0.4 is 0 Å². The lowest BCUT2D eigenvalue weighted by atomic mass is 10.1. The van der Waals surface area contributed by atoms with Crippen LogP contribution in [-0.4, -0.2) is 15.1 Å². The standard InChI is InChI=1S/C11H5Cl2F3N2O/c12-5-2-6(14)4(1-7(5)19)9-8(13)10(11(15)16)18-3-17-9/h1-3,11,19H. The largest absolute Gasteiger partial charge is 0.506 e. The molecule has 0 atom stereocenters. The lowest BCUT2D eigenvalue weighted by molar-refractivity contribution is 0.146. The number of nitrogens with zero attached hydrogens (tertiary/aromatic N) is 2. The maximum absolute atomic E-state index is 13.7. The average molecular weight is 309 g/mol. The first kappa shape index (κ1) is 13.9. The van der Waals surface area contributed by atoms with Gasteiger partial charge >= 0.3 is 0 Å². The van der Waals surface area contributed by atoms with Crippen molar-refractivity contribution < 1.29 is 18.3 Å². The van der Waals surface area contributed by atoms with Crippen LogP contribution in [0.4, 0.5) is 13.2 Å². The molecule has 1 aromatic carbocycles. The van der Waals surface area contributed by atoms with E-state index in [-0.39, 0.29) is 16.3 Å². The highest BCUT2D eigenvalue weighted by molar-refractivity contribution is 6.34. The molecule has 8 heteroatoms. The summed E-state index contributed by atoms with van der Waals surface area (Å²) >= 11 is 11.2. The number of phenols is 1. The van der Waals surface area contributed by atoms with E-state index in [4.69, 9.17) is 23.2 Å². The number of aromatic nitrogens is 2. The molecule has 0 unspecified atom stereocenters.